The van der Waals surface area contributed by atoms with Crippen LogP contribution in [0.5, 0.6) is 0 Å². The fourth-order valence-electron chi connectivity index (χ4n) is 10.3. The number of hydrogen-bond donors (Lipinski definition) is 0. The molecule has 0 amide bonds. The van der Waals surface area contributed by atoms with Gasteiger partial charge in [0, 0.05) is 38.2 Å². The van der Waals surface area contributed by atoms with Gasteiger partial charge in [0.1, 0.15) is 22.3 Å². The van der Waals surface area contributed by atoms with Gasteiger partial charge in [0.05, 0.1) is 0 Å². The fraction of sp³-hybridized carbons (Fsp3) is 0.318. The van der Waals surface area contributed by atoms with Crippen molar-refractivity contribution in [2.24, 2.45) is 17.8 Å². The lowest BCUT2D eigenvalue weighted by molar-refractivity contribution is -0.00518. The van der Waals surface area contributed by atoms with Gasteiger partial charge in [0.15, 0.2) is 0 Å². The van der Waals surface area contributed by atoms with Gasteiger partial charge < -0.3 is 8.83 Å². The SMILES string of the molecule is CC(C)(C)c1cc(-c2ccc(C34CC5CC(CC(C5)C3)C4)cc2)cc2c1oc1c(-c3cccc4c3oc3ccccc34)cccc12. The van der Waals surface area contributed by atoms with E-state index in [0.29, 0.717) is 5.41 Å². The summed E-state index contributed by atoms with van der Waals surface area (Å²) in [5.41, 5.74) is 11.6. The van der Waals surface area contributed by atoms with Crippen molar-refractivity contribution in [2.45, 2.75) is 70.1 Å². The van der Waals surface area contributed by atoms with Gasteiger partial charge in [-0.2, -0.15) is 0 Å². The van der Waals surface area contributed by atoms with E-state index in [-0.39, 0.29) is 5.41 Å². The van der Waals surface area contributed by atoms with Gasteiger partial charge in [0.25, 0.3) is 0 Å². The Hall–Kier alpha value is -4.30. The molecular weight excluding hydrogens is 560 g/mol. The molecule has 5 aromatic carbocycles. The van der Waals surface area contributed by atoms with Gasteiger partial charge in [-0.3, -0.25) is 0 Å². The largest absolute Gasteiger partial charge is 0.455 e. The normalized spacial score (nSPS) is 24.2. The summed E-state index contributed by atoms with van der Waals surface area (Å²) in [4.78, 5) is 0. The zero-order valence-electron chi connectivity index (χ0n) is 27.0. The number of furan rings is 2. The minimum absolute atomic E-state index is 0.0831. The van der Waals surface area contributed by atoms with E-state index in [9.17, 15) is 0 Å². The second-order valence-electron chi connectivity index (χ2n) is 16.0. The number of fused-ring (bicyclic) bond motifs is 6. The van der Waals surface area contributed by atoms with Crippen LogP contribution in [-0.4, -0.2) is 0 Å². The Morgan fingerprint density at radius 1 is 0.543 bits per heavy atom. The van der Waals surface area contributed by atoms with Gasteiger partial charge in [-0.1, -0.05) is 99.6 Å². The van der Waals surface area contributed by atoms with Crippen LogP contribution >= 0.6 is 0 Å². The van der Waals surface area contributed by atoms with Crippen molar-refractivity contribution in [1.29, 1.82) is 0 Å². The summed E-state index contributed by atoms with van der Waals surface area (Å²) in [7, 11) is 0. The van der Waals surface area contributed by atoms with E-state index in [0.717, 1.165) is 67.4 Å². The number of rotatable bonds is 3. The van der Waals surface area contributed by atoms with Gasteiger partial charge in [0.2, 0.25) is 0 Å². The van der Waals surface area contributed by atoms with E-state index in [1.165, 1.54) is 60.6 Å². The molecule has 4 saturated carbocycles. The van der Waals surface area contributed by atoms with Crippen molar-refractivity contribution in [3.05, 3.63) is 108 Å². The van der Waals surface area contributed by atoms with Gasteiger partial charge in [-0.25, -0.2) is 0 Å². The Morgan fingerprint density at radius 2 is 1.13 bits per heavy atom. The standard InChI is InChI=1S/C44H40O2/c1-43(2,3)38-22-30(29-14-16-31(17-15-29)44-23-26-18-27(24-44)20-28(19-26)25-44)21-37-36-12-7-11-35(41(36)46-42(37)38)34-10-6-9-33-32-8-4-5-13-39(32)45-40(33)34/h4-17,21-22,26-28H,18-20,23-25H2,1-3H3. The summed E-state index contributed by atoms with van der Waals surface area (Å²) in [5, 5.41) is 4.61. The van der Waals surface area contributed by atoms with Gasteiger partial charge in [-0.05, 0) is 102 Å². The molecule has 0 radical (unpaired) electrons. The second-order valence-corrected chi connectivity index (χ2v) is 16.0. The van der Waals surface area contributed by atoms with Gasteiger partial charge >= 0.3 is 0 Å². The van der Waals surface area contributed by atoms with Crippen LogP contribution in [0.3, 0.4) is 0 Å². The molecule has 2 nitrogen and oxygen atoms in total. The lowest BCUT2D eigenvalue weighted by atomic mass is 9.48. The summed E-state index contributed by atoms with van der Waals surface area (Å²) in [6.07, 6.45) is 8.68. The first-order valence-electron chi connectivity index (χ1n) is 17.3. The smallest absolute Gasteiger partial charge is 0.143 e. The van der Waals surface area contributed by atoms with Crippen LogP contribution in [0.25, 0.3) is 66.1 Å². The lowest BCUT2D eigenvalue weighted by Crippen LogP contribution is -2.48. The average Bonchev–Trinajstić information content (AvgIpc) is 3.62. The highest BCUT2D eigenvalue weighted by molar-refractivity contribution is 6.15. The summed E-state index contributed by atoms with van der Waals surface area (Å²) in [6, 6.07) is 35.8. The van der Waals surface area contributed by atoms with Crippen LogP contribution in [0.1, 0.15) is 70.4 Å². The predicted octanol–water partition coefficient (Wildman–Crippen LogP) is 12.6. The highest BCUT2D eigenvalue weighted by Gasteiger charge is 2.51. The Bertz CT molecular complexity index is 2290. The van der Waals surface area contributed by atoms with Crippen molar-refractivity contribution in [3.63, 3.8) is 0 Å². The van der Waals surface area contributed by atoms with E-state index in [1.807, 2.05) is 12.1 Å². The molecule has 0 aliphatic heterocycles. The topological polar surface area (TPSA) is 26.3 Å². The quantitative estimate of drug-likeness (QED) is 0.202. The van der Waals surface area contributed by atoms with Crippen LogP contribution in [0.4, 0.5) is 0 Å². The van der Waals surface area contributed by atoms with Crippen molar-refractivity contribution in [3.8, 4) is 22.3 Å². The van der Waals surface area contributed by atoms with E-state index in [1.54, 1.807) is 5.56 Å². The third kappa shape index (κ3) is 3.89. The Balaban J connectivity index is 1.12. The third-order valence-electron chi connectivity index (χ3n) is 12.0. The molecule has 11 rings (SSSR count). The molecule has 4 aliphatic carbocycles. The molecule has 4 fully saturated rings. The highest BCUT2D eigenvalue weighted by atomic mass is 16.3. The van der Waals surface area contributed by atoms with E-state index in [2.05, 4.69) is 106 Å². The maximum atomic E-state index is 6.92. The minimum Gasteiger partial charge on any atom is -0.455 e. The zero-order chi connectivity index (χ0) is 30.8. The summed E-state index contributed by atoms with van der Waals surface area (Å²) >= 11 is 0. The maximum absolute atomic E-state index is 6.92. The molecule has 228 valence electrons. The van der Waals surface area contributed by atoms with Crippen molar-refractivity contribution >= 4 is 43.9 Å². The first kappa shape index (κ1) is 26.9. The molecule has 0 atom stereocenters. The molecular formula is C44H40O2. The van der Waals surface area contributed by atoms with E-state index >= 15 is 0 Å². The Labute approximate surface area is 270 Å². The molecule has 46 heavy (non-hydrogen) atoms. The fourth-order valence-corrected chi connectivity index (χ4v) is 10.3. The summed E-state index contributed by atoms with van der Waals surface area (Å²) in [5.74, 6) is 2.88. The molecule has 2 heteroatoms. The van der Waals surface area contributed by atoms with Crippen LogP contribution in [0.15, 0.2) is 106 Å². The van der Waals surface area contributed by atoms with Crippen LogP contribution in [0, 0.1) is 17.8 Å². The highest BCUT2D eigenvalue weighted by Crippen LogP contribution is 2.60. The van der Waals surface area contributed by atoms with Crippen LogP contribution in [0.2, 0.25) is 0 Å². The number of para-hydroxylation sites is 3. The molecule has 0 N–H and O–H groups in total. The Kier molecular flexibility index (Phi) is 5.48. The van der Waals surface area contributed by atoms with Crippen molar-refractivity contribution < 1.29 is 8.83 Å². The minimum atomic E-state index is -0.0831. The van der Waals surface area contributed by atoms with Gasteiger partial charge in [-0.15, -0.1) is 0 Å². The molecule has 7 aromatic rings. The molecule has 4 bridgehead atoms. The molecule has 0 unspecified atom stereocenters. The first-order chi connectivity index (χ1) is 22.3. The predicted molar refractivity (Wildman–Crippen MR) is 190 cm³/mol. The summed E-state index contributed by atoms with van der Waals surface area (Å²) < 4.78 is 13.4. The molecule has 0 saturated heterocycles. The molecule has 2 heterocycles. The van der Waals surface area contributed by atoms with E-state index < -0.39 is 0 Å². The van der Waals surface area contributed by atoms with Crippen LogP contribution in [-0.2, 0) is 10.8 Å². The maximum Gasteiger partial charge on any atom is 0.143 e. The molecule has 0 spiro atoms. The zero-order valence-corrected chi connectivity index (χ0v) is 27.0. The average molecular weight is 601 g/mol. The van der Waals surface area contributed by atoms with E-state index in [4.69, 9.17) is 8.83 Å². The monoisotopic (exact) mass is 600 g/mol. The first-order valence-corrected chi connectivity index (χ1v) is 17.3. The molecule has 2 aromatic heterocycles. The Morgan fingerprint density at radius 3 is 1.78 bits per heavy atom. The number of benzene rings is 5. The van der Waals surface area contributed by atoms with Crippen molar-refractivity contribution in [1.82, 2.24) is 0 Å². The summed E-state index contributed by atoms with van der Waals surface area (Å²) in [6.45, 7) is 6.89. The van der Waals surface area contributed by atoms with Crippen LogP contribution < -0.4 is 0 Å². The second kappa shape index (κ2) is 9.38. The third-order valence-corrected chi connectivity index (χ3v) is 12.0. The van der Waals surface area contributed by atoms with Crippen molar-refractivity contribution in [2.75, 3.05) is 0 Å². The number of hydrogen-bond acceptors (Lipinski definition) is 2. The molecule has 4 aliphatic rings. The lowest BCUT2D eigenvalue weighted by Gasteiger charge is -2.57.